The van der Waals surface area contributed by atoms with Gasteiger partial charge in [0.1, 0.15) is 5.75 Å². The van der Waals surface area contributed by atoms with Crippen molar-refractivity contribution < 1.29 is 23.8 Å². The van der Waals surface area contributed by atoms with Crippen LogP contribution >= 0.6 is 39.1 Å². The summed E-state index contributed by atoms with van der Waals surface area (Å²) in [6, 6.07) is 6.41. The maximum atomic E-state index is 12.2. The lowest BCUT2D eigenvalue weighted by molar-refractivity contribution is -0.165. The molecule has 2 rings (SSSR count). The SMILES string of the molecule is COC(=O)c1ccc(OC(C(OC(=O)C(Cl)Cl)C(C)(C)CBr)n2ccnc2)cc1. The number of alkyl halides is 3. The van der Waals surface area contributed by atoms with Gasteiger partial charge in [-0.05, 0) is 24.3 Å². The molecule has 0 bridgehead atoms. The van der Waals surface area contributed by atoms with Crippen LogP contribution in [0.2, 0.25) is 0 Å². The molecule has 1 aromatic carbocycles. The highest BCUT2D eigenvalue weighted by Crippen LogP contribution is 2.36. The van der Waals surface area contributed by atoms with Crippen LogP contribution in [0.1, 0.15) is 30.4 Å². The van der Waals surface area contributed by atoms with Crippen LogP contribution in [0.5, 0.6) is 5.75 Å². The Hall–Kier alpha value is -1.77. The average Bonchev–Trinajstić information content (AvgIpc) is 3.24. The van der Waals surface area contributed by atoms with E-state index in [-0.39, 0.29) is 0 Å². The summed E-state index contributed by atoms with van der Waals surface area (Å²) < 4.78 is 18.1. The fraction of sp³-hybridized carbons (Fsp3) is 0.421. The summed E-state index contributed by atoms with van der Waals surface area (Å²) >= 11 is 14.8. The van der Waals surface area contributed by atoms with Gasteiger partial charge < -0.3 is 14.2 Å². The van der Waals surface area contributed by atoms with E-state index in [9.17, 15) is 9.59 Å². The van der Waals surface area contributed by atoms with Crippen molar-refractivity contribution in [2.24, 2.45) is 5.41 Å². The Balaban J connectivity index is 2.39. The lowest BCUT2D eigenvalue weighted by Crippen LogP contribution is -2.45. The van der Waals surface area contributed by atoms with E-state index in [1.165, 1.54) is 7.11 Å². The molecule has 1 aromatic heterocycles. The fourth-order valence-corrected chi connectivity index (χ4v) is 2.90. The Morgan fingerprint density at radius 2 is 1.90 bits per heavy atom. The number of carbonyl (C=O) groups is 2. The first-order valence-electron chi connectivity index (χ1n) is 8.56. The first-order chi connectivity index (χ1) is 13.7. The molecule has 2 atom stereocenters. The number of ether oxygens (including phenoxy) is 3. The smallest absolute Gasteiger partial charge is 0.339 e. The number of aromatic nitrogens is 2. The lowest BCUT2D eigenvalue weighted by atomic mass is 9.87. The van der Waals surface area contributed by atoms with Gasteiger partial charge in [0.05, 0.1) is 19.0 Å². The van der Waals surface area contributed by atoms with E-state index in [2.05, 4.69) is 20.9 Å². The van der Waals surface area contributed by atoms with Crippen molar-refractivity contribution in [3.8, 4) is 5.75 Å². The molecule has 0 spiro atoms. The summed E-state index contributed by atoms with van der Waals surface area (Å²) in [5, 5.41) is 0.503. The number of nitrogens with zero attached hydrogens (tertiary/aromatic N) is 2. The highest BCUT2D eigenvalue weighted by molar-refractivity contribution is 9.09. The standard InChI is InChI=1S/C19H21BrCl2N2O5/c1-19(2,10-20)14(29-18(26)15(21)22)16(24-9-8-23-11-24)28-13-6-4-12(5-7-13)17(25)27-3/h4-9,11,14-16H,10H2,1-3H3. The van der Waals surface area contributed by atoms with E-state index >= 15 is 0 Å². The van der Waals surface area contributed by atoms with Crippen molar-refractivity contribution in [3.05, 3.63) is 48.5 Å². The van der Waals surface area contributed by atoms with E-state index in [0.29, 0.717) is 16.6 Å². The lowest BCUT2D eigenvalue weighted by Gasteiger charge is -2.38. The van der Waals surface area contributed by atoms with Crippen LogP contribution < -0.4 is 4.74 Å². The van der Waals surface area contributed by atoms with Crippen LogP contribution in [-0.4, -0.2) is 44.9 Å². The number of esters is 2. The van der Waals surface area contributed by atoms with Crippen LogP contribution in [0.3, 0.4) is 0 Å². The molecule has 0 radical (unpaired) electrons. The molecule has 0 N–H and O–H groups in total. The molecule has 0 aliphatic rings. The Kier molecular flexibility index (Phi) is 8.36. The Morgan fingerprint density at radius 3 is 2.38 bits per heavy atom. The quantitative estimate of drug-likeness (QED) is 0.370. The van der Waals surface area contributed by atoms with Gasteiger partial charge in [0.2, 0.25) is 11.1 Å². The molecule has 0 fully saturated rings. The summed E-state index contributed by atoms with van der Waals surface area (Å²) in [7, 11) is 1.31. The van der Waals surface area contributed by atoms with E-state index in [4.69, 9.17) is 37.4 Å². The van der Waals surface area contributed by atoms with Crippen LogP contribution in [0.4, 0.5) is 0 Å². The third-order valence-electron chi connectivity index (χ3n) is 4.15. The van der Waals surface area contributed by atoms with Gasteiger partial charge in [-0.1, -0.05) is 53.0 Å². The van der Waals surface area contributed by atoms with Crippen LogP contribution in [0.25, 0.3) is 0 Å². The second kappa shape index (κ2) is 10.3. The van der Waals surface area contributed by atoms with Gasteiger partial charge in [-0.25, -0.2) is 14.6 Å². The minimum atomic E-state index is -1.33. The summed E-state index contributed by atoms with van der Waals surface area (Å²) in [5.74, 6) is -0.775. The van der Waals surface area contributed by atoms with E-state index < -0.39 is 34.5 Å². The molecule has 0 aliphatic heterocycles. The number of hydrogen-bond acceptors (Lipinski definition) is 6. The molecule has 29 heavy (non-hydrogen) atoms. The topological polar surface area (TPSA) is 79.7 Å². The van der Waals surface area contributed by atoms with Crippen LogP contribution in [-0.2, 0) is 14.3 Å². The first-order valence-corrected chi connectivity index (χ1v) is 10.6. The number of carbonyl (C=O) groups excluding carboxylic acids is 2. The van der Waals surface area contributed by atoms with Crippen molar-refractivity contribution in [2.75, 3.05) is 12.4 Å². The van der Waals surface area contributed by atoms with Gasteiger partial charge in [-0.2, -0.15) is 0 Å². The number of rotatable bonds is 9. The van der Waals surface area contributed by atoms with Crippen LogP contribution in [0.15, 0.2) is 43.0 Å². The maximum absolute atomic E-state index is 12.2. The van der Waals surface area contributed by atoms with Gasteiger partial charge in [0.25, 0.3) is 0 Å². The fourth-order valence-electron chi connectivity index (χ4n) is 2.48. The van der Waals surface area contributed by atoms with Crippen LogP contribution in [0, 0.1) is 5.41 Å². The number of imidazole rings is 1. The Morgan fingerprint density at radius 1 is 1.24 bits per heavy atom. The van der Waals surface area contributed by atoms with Gasteiger partial charge in [-0.3, -0.25) is 4.57 Å². The van der Waals surface area contributed by atoms with E-state index in [1.54, 1.807) is 47.6 Å². The summed E-state index contributed by atoms with van der Waals surface area (Å²) in [6.45, 7) is 3.82. The van der Waals surface area contributed by atoms with Gasteiger partial charge in [0.15, 0.2) is 6.10 Å². The second-order valence-corrected chi connectivity index (χ2v) is 8.47. The molecule has 0 saturated carbocycles. The van der Waals surface area contributed by atoms with Crippen molar-refractivity contribution in [1.29, 1.82) is 0 Å². The van der Waals surface area contributed by atoms with Gasteiger partial charge >= 0.3 is 11.9 Å². The first kappa shape index (κ1) is 23.5. The molecule has 158 valence electrons. The normalized spacial score (nSPS) is 13.6. The largest absolute Gasteiger partial charge is 0.466 e. The number of benzene rings is 1. The van der Waals surface area contributed by atoms with E-state index in [0.717, 1.165) is 0 Å². The minimum Gasteiger partial charge on any atom is -0.466 e. The highest BCUT2D eigenvalue weighted by atomic mass is 79.9. The summed E-state index contributed by atoms with van der Waals surface area (Å²) in [4.78, 5) is 26.5. The zero-order chi connectivity index (χ0) is 21.6. The molecular weight excluding hydrogens is 487 g/mol. The second-order valence-electron chi connectivity index (χ2n) is 6.81. The third kappa shape index (κ3) is 6.10. The molecule has 10 heteroatoms. The van der Waals surface area contributed by atoms with E-state index in [1.807, 2.05) is 13.8 Å². The monoisotopic (exact) mass is 506 g/mol. The van der Waals surface area contributed by atoms with Gasteiger partial charge in [-0.15, -0.1) is 0 Å². The molecule has 0 saturated heterocycles. The number of methoxy groups -OCH3 is 1. The van der Waals surface area contributed by atoms with Gasteiger partial charge in [0, 0.05) is 23.1 Å². The van der Waals surface area contributed by atoms with Crippen molar-refractivity contribution in [2.45, 2.75) is 31.0 Å². The zero-order valence-corrected chi connectivity index (χ0v) is 19.1. The van der Waals surface area contributed by atoms with Crippen molar-refractivity contribution >= 4 is 51.1 Å². The number of halogens is 3. The molecule has 2 aromatic rings. The zero-order valence-electron chi connectivity index (χ0n) is 16.1. The molecule has 2 unspecified atom stereocenters. The molecule has 7 nitrogen and oxygen atoms in total. The molecular formula is C19H21BrCl2N2O5. The third-order valence-corrected chi connectivity index (χ3v) is 5.95. The number of hydrogen-bond donors (Lipinski definition) is 0. The molecule has 1 heterocycles. The maximum Gasteiger partial charge on any atom is 0.339 e. The summed E-state index contributed by atoms with van der Waals surface area (Å²) in [6.07, 6.45) is 3.28. The summed E-state index contributed by atoms with van der Waals surface area (Å²) in [5.41, 5.74) is -0.172. The Bertz CT molecular complexity index is 813. The molecule has 0 aliphatic carbocycles. The molecule has 0 amide bonds. The van der Waals surface area contributed by atoms with Crippen molar-refractivity contribution in [3.63, 3.8) is 0 Å². The average molecular weight is 508 g/mol. The highest BCUT2D eigenvalue weighted by Gasteiger charge is 2.41. The predicted octanol–water partition coefficient (Wildman–Crippen LogP) is 4.38. The van der Waals surface area contributed by atoms with Crippen molar-refractivity contribution in [1.82, 2.24) is 9.55 Å². The predicted molar refractivity (Wildman–Crippen MR) is 113 cm³/mol. The minimum absolute atomic E-state index is 0.384. The Labute approximate surface area is 187 Å².